The molecule has 0 saturated carbocycles. The molecule has 29 heavy (non-hydrogen) atoms. The highest BCUT2D eigenvalue weighted by atomic mass is 16.3. The van der Waals surface area contributed by atoms with E-state index >= 15 is 0 Å². The van der Waals surface area contributed by atoms with Gasteiger partial charge in [-0.3, -0.25) is 4.79 Å². The summed E-state index contributed by atoms with van der Waals surface area (Å²) in [6.07, 6.45) is 0. The number of carbonyl (C=O) groups is 2. The number of rotatable bonds is 6. The number of nitrogens with zero attached hydrogens (tertiary/aromatic N) is 1. The third kappa shape index (κ3) is 4.96. The fourth-order valence-corrected chi connectivity index (χ4v) is 2.92. The van der Waals surface area contributed by atoms with Gasteiger partial charge in [-0.25, -0.2) is 4.79 Å². The maximum Gasteiger partial charge on any atom is 0.318 e. The molecule has 0 unspecified atom stereocenters. The van der Waals surface area contributed by atoms with Crippen molar-refractivity contribution < 1.29 is 14.0 Å². The molecule has 0 radical (unpaired) electrons. The molecule has 3 aromatic rings. The summed E-state index contributed by atoms with van der Waals surface area (Å²) in [5, 5.41) is 6.81. The third-order valence-corrected chi connectivity index (χ3v) is 4.92. The largest absolute Gasteiger partial charge is 0.459 e. The molecule has 0 spiro atoms. The van der Waals surface area contributed by atoms with Crippen LogP contribution in [0, 0.1) is 5.92 Å². The predicted molar refractivity (Wildman–Crippen MR) is 115 cm³/mol. The van der Waals surface area contributed by atoms with Gasteiger partial charge in [0, 0.05) is 30.6 Å². The number of fused-ring (bicyclic) bond motifs is 1. The molecule has 2 N–H and O–H groups in total. The molecule has 152 valence electrons. The minimum absolute atomic E-state index is 0.0365. The Hall–Kier alpha value is -3.28. The molecule has 0 aliphatic carbocycles. The highest BCUT2D eigenvalue weighted by Crippen LogP contribution is 2.26. The minimum atomic E-state index is -0.209. The quantitative estimate of drug-likeness (QED) is 0.623. The van der Waals surface area contributed by atoms with Gasteiger partial charge in [0.25, 0.3) is 0 Å². The smallest absolute Gasteiger partial charge is 0.318 e. The van der Waals surface area contributed by atoms with Crippen LogP contribution in [0.25, 0.3) is 11.0 Å². The second kappa shape index (κ2) is 8.82. The van der Waals surface area contributed by atoms with Crippen molar-refractivity contribution in [3.63, 3.8) is 0 Å². The van der Waals surface area contributed by atoms with Gasteiger partial charge < -0.3 is 20.0 Å². The summed E-state index contributed by atoms with van der Waals surface area (Å²) in [4.78, 5) is 26.1. The topological polar surface area (TPSA) is 74.6 Å². The Bertz CT molecular complexity index is 976. The number of furan rings is 1. The van der Waals surface area contributed by atoms with Crippen LogP contribution >= 0.6 is 0 Å². The summed E-state index contributed by atoms with van der Waals surface area (Å²) < 4.78 is 5.87. The summed E-state index contributed by atoms with van der Waals surface area (Å²) in [5.41, 5.74) is 2.44. The van der Waals surface area contributed by atoms with Crippen LogP contribution in [0.4, 0.5) is 10.5 Å². The van der Waals surface area contributed by atoms with E-state index in [9.17, 15) is 9.59 Å². The van der Waals surface area contributed by atoms with Crippen LogP contribution in [0.5, 0.6) is 0 Å². The molecule has 3 rings (SSSR count). The second-order valence-corrected chi connectivity index (χ2v) is 7.48. The molecular formula is C23H27N3O3. The number of carbonyl (C=O) groups excluding carboxylic acids is 2. The number of benzene rings is 2. The van der Waals surface area contributed by atoms with Crippen molar-refractivity contribution in [1.29, 1.82) is 0 Å². The number of hydrogen-bond acceptors (Lipinski definition) is 3. The van der Waals surface area contributed by atoms with Gasteiger partial charge in [-0.15, -0.1) is 0 Å². The average Bonchev–Trinajstić information content (AvgIpc) is 3.15. The standard InChI is InChI=1S/C23H27N3O3/c1-15(2)22(27)25-19-10-7-8-17(12-19)14-24-23(28)26(4)16(3)21-13-18-9-5-6-11-20(18)29-21/h5-13,15-16H,14H2,1-4H3,(H,24,28)(H,25,27)/t16-/m1/s1. The zero-order valence-electron chi connectivity index (χ0n) is 17.2. The molecule has 0 bridgehead atoms. The lowest BCUT2D eigenvalue weighted by molar-refractivity contribution is -0.118. The van der Waals surface area contributed by atoms with E-state index in [1.165, 1.54) is 0 Å². The van der Waals surface area contributed by atoms with Crippen molar-refractivity contribution in [2.75, 3.05) is 12.4 Å². The zero-order valence-corrected chi connectivity index (χ0v) is 17.2. The van der Waals surface area contributed by atoms with Crippen LogP contribution in [0.15, 0.2) is 59.0 Å². The number of para-hydroxylation sites is 1. The Balaban J connectivity index is 1.60. The van der Waals surface area contributed by atoms with E-state index in [4.69, 9.17) is 4.42 Å². The Morgan fingerprint density at radius 3 is 2.52 bits per heavy atom. The van der Waals surface area contributed by atoms with Gasteiger partial charge in [0.1, 0.15) is 11.3 Å². The van der Waals surface area contributed by atoms with E-state index in [1.807, 2.05) is 75.4 Å². The lowest BCUT2D eigenvalue weighted by Crippen LogP contribution is -2.38. The number of urea groups is 1. The van der Waals surface area contributed by atoms with Crippen LogP contribution in [0.1, 0.15) is 38.1 Å². The van der Waals surface area contributed by atoms with Crippen molar-refractivity contribution in [1.82, 2.24) is 10.2 Å². The van der Waals surface area contributed by atoms with Crippen molar-refractivity contribution in [3.8, 4) is 0 Å². The first-order valence-corrected chi connectivity index (χ1v) is 9.74. The number of hydrogen-bond donors (Lipinski definition) is 2. The van der Waals surface area contributed by atoms with Gasteiger partial charge >= 0.3 is 6.03 Å². The highest BCUT2D eigenvalue weighted by Gasteiger charge is 2.20. The first kappa shape index (κ1) is 20.5. The monoisotopic (exact) mass is 393 g/mol. The predicted octanol–water partition coefficient (Wildman–Crippen LogP) is 4.93. The lowest BCUT2D eigenvalue weighted by Gasteiger charge is -2.23. The molecule has 6 nitrogen and oxygen atoms in total. The highest BCUT2D eigenvalue weighted by molar-refractivity contribution is 5.92. The van der Waals surface area contributed by atoms with Gasteiger partial charge in [-0.05, 0) is 36.8 Å². The first-order chi connectivity index (χ1) is 13.8. The Morgan fingerprint density at radius 2 is 1.79 bits per heavy atom. The zero-order chi connectivity index (χ0) is 21.0. The number of amides is 3. The van der Waals surface area contributed by atoms with E-state index in [1.54, 1.807) is 11.9 Å². The SMILES string of the molecule is CC(C)C(=O)Nc1cccc(CNC(=O)N(C)[C@H](C)c2cc3ccccc3o2)c1. The van der Waals surface area contributed by atoms with Gasteiger partial charge in [0.15, 0.2) is 0 Å². The normalized spacial score (nSPS) is 12.0. The summed E-state index contributed by atoms with van der Waals surface area (Å²) in [5.74, 6) is 0.611. The van der Waals surface area contributed by atoms with Crippen LogP contribution in [-0.2, 0) is 11.3 Å². The van der Waals surface area contributed by atoms with Crippen molar-refractivity contribution in [2.24, 2.45) is 5.92 Å². The minimum Gasteiger partial charge on any atom is -0.459 e. The molecule has 0 aliphatic rings. The van der Waals surface area contributed by atoms with E-state index in [0.29, 0.717) is 6.54 Å². The molecule has 0 fully saturated rings. The molecule has 1 heterocycles. The molecule has 0 aliphatic heterocycles. The Kier molecular flexibility index (Phi) is 6.22. The van der Waals surface area contributed by atoms with Crippen LogP contribution in [-0.4, -0.2) is 23.9 Å². The summed E-state index contributed by atoms with van der Waals surface area (Å²) in [6.45, 7) is 5.98. The van der Waals surface area contributed by atoms with Gasteiger partial charge in [-0.1, -0.05) is 44.2 Å². The van der Waals surface area contributed by atoms with Crippen molar-refractivity contribution >= 4 is 28.6 Å². The number of nitrogens with one attached hydrogen (secondary N) is 2. The van der Waals surface area contributed by atoms with Gasteiger partial charge in [0.2, 0.25) is 5.91 Å². The molecule has 1 atom stereocenters. The van der Waals surface area contributed by atoms with Crippen LogP contribution in [0.2, 0.25) is 0 Å². The first-order valence-electron chi connectivity index (χ1n) is 9.74. The molecule has 3 amide bonds. The van der Waals surface area contributed by atoms with Crippen molar-refractivity contribution in [2.45, 2.75) is 33.4 Å². The summed E-state index contributed by atoms with van der Waals surface area (Å²) in [7, 11) is 1.74. The second-order valence-electron chi connectivity index (χ2n) is 7.48. The summed E-state index contributed by atoms with van der Waals surface area (Å²) >= 11 is 0. The summed E-state index contributed by atoms with van der Waals surface area (Å²) in [6, 6.07) is 16.8. The van der Waals surface area contributed by atoms with E-state index in [-0.39, 0.29) is 23.9 Å². The van der Waals surface area contributed by atoms with Gasteiger partial charge in [-0.2, -0.15) is 0 Å². The molecule has 0 saturated heterocycles. The van der Waals surface area contributed by atoms with Crippen LogP contribution < -0.4 is 10.6 Å². The fraction of sp³-hybridized carbons (Fsp3) is 0.304. The molecule has 2 aromatic carbocycles. The Morgan fingerprint density at radius 1 is 1.03 bits per heavy atom. The maximum atomic E-state index is 12.6. The third-order valence-electron chi connectivity index (χ3n) is 4.92. The van der Waals surface area contributed by atoms with E-state index < -0.39 is 0 Å². The lowest BCUT2D eigenvalue weighted by atomic mass is 10.1. The number of anilines is 1. The van der Waals surface area contributed by atoms with E-state index in [0.717, 1.165) is 28.0 Å². The average molecular weight is 393 g/mol. The Labute approximate surface area is 170 Å². The van der Waals surface area contributed by atoms with Crippen molar-refractivity contribution in [3.05, 3.63) is 65.9 Å². The van der Waals surface area contributed by atoms with Crippen LogP contribution in [0.3, 0.4) is 0 Å². The molecule has 6 heteroatoms. The van der Waals surface area contributed by atoms with Gasteiger partial charge in [0.05, 0.1) is 6.04 Å². The fourth-order valence-electron chi connectivity index (χ4n) is 2.92. The molecular weight excluding hydrogens is 366 g/mol. The maximum absolute atomic E-state index is 12.6. The van der Waals surface area contributed by atoms with E-state index in [2.05, 4.69) is 10.6 Å². The molecule has 1 aromatic heterocycles.